The summed E-state index contributed by atoms with van der Waals surface area (Å²) in [5.41, 5.74) is 1.03. The van der Waals surface area contributed by atoms with Crippen molar-refractivity contribution in [2.45, 2.75) is 37.1 Å². The van der Waals surface area contributed by atoms with Crippen molar-refractivity contribution >= 4 is 15.7 Å². The number of anilines is 1. The molecule has 4 nitrogen and oxygen atoms in total. The molecule has 100 valence electrons. The molecule has 1 aliphatic rings. The van der Waals surface area contributed by atoms with Crippen LogP contribution in [-0.2, 0) is 10.0 Å². The van der Waals surface area contributed by atoms with Gasteiger partial charge in [0, 0.05) is 11.2 Å². The van der Waals surface area contributed by atoms with Crippen LogP contribution in [0.3, 0.4) is 0 Å². The number of sulfonamides is 1. The van der Waals surface area contributed by atoms with E-state index >= 15 is 0 Å². The van der Waals surface area contributed by atoms with E-state index in [9.17, 15) is 8.42 Å². The summed E-state index contributed by atoms with van der Waals surface area (Å²) in [5.74, 6) is 0.721. The summed E-state index contributed by atoms with van der Waals surface area (Å²) in [5, 5.41) is 3.46. The molecular formula is C13H20N2O2S. The molecule has 1 aromatic rings. The van der Waals surface area contributed by atoms with Gasteiger partial charge in [0.1, 0.15) is 0 Å². The summed E-state index contributed by atoms with van der Waals surface area (Å²) >= 11 is 0. The standard InChI is InChI=1S/C13H20N2O2S/c1-13(2,10-4-5-10)15-11-6-8-12(9-7-11)18(16,17)14-3/h6-10,14-15H,4-5H2,1-3H3. The van der Waals surface area contributed by atoms with Gasteiger partial charge in [-0.2, -0.15) is 0 Å². The summed E-state index contributed by atoms with van der Waals surface area (Å²) < 4.78 is 25.5. The second-order valence-electron chi connectivity index (χ2n) is 5.35. The maximum Gasteiger partial charge on any atom is 0.240 e. The summed E-state index contributed by atoms with van der Waals surface area (Å²) in [6, 6.07) is 6.87. The molecule has 0 aliphatic heterocycles. The molecule has 1 aromatic carbocycles. The van der Waals surface area contributed by atoms with Crippen LogP contribution in [0, 0.1) is 5.92 Å². The monoisotopic (exact) mass is 268 g/mol. The van der Waals surface area contributed by atoms with Crippen LogP contribution in [-0.4, -0.2) is 21.0 Å². The van der Waals surface area contributed by atoms with Gasteiger partial charge >= 0.3 is 0 Å². The van der Waals surface area contributed by atoms with Crippen LogP contribution in [0.15, 0.2) is 29.2 Å². The van der Waals surface area contributed by atoms with Gasteiger partial charge in [-0.25, -0.2) is 13.1 Å². The number of hydrogen-bond acceptors (Lipinski definition) is 3. The number of hydrogen-bond donors (Lipinski definition) is 2. The minimum atomic E-state index is -3.34. The van der Waals surface area contributed by atoms with E-state index in [4.69, 9.17) is 0 Å². The zero-order valence-electron chi connectivity index (χ0n) is 11.0. The zero-order valence-corrected chi connectivity index (χ0v) is 11.8. The average molecular weight is 268 g/mol. The van der Waals surface area contributed by atoms with Gasteiger partial charge in [0.25, 0.3) is 0 Å². The number of nitrogens with one attached hydrogen (secondary N) is 2. The lowest BCUT2D eigenvalue weighted by atomic mass is 9.98. The lowest BCUT2D eigenvalue weighted by Gasteiger charge is -2.27. The maximum atomic E-state index is 11.6. The van der Waals surface area contributed by atoms with Gasteiger partial charge in [0.2, 0.25) is 10.0 Å². The first-order chi connectivity index (χ1) is 8.35. The Morgan fingerprint density at radius 2 is 1.72 bits per heavy atom. The Hall–Kier alpha value is -1.07. The molecule has 0 amide bonds. The molecule has 5 heteroatoms. The Morgan fingerprint density at radius 1 is 1.17 bits per heavy atom. The van der Waals surface area contributed by atoms with Gasteiger partial charge in [0.05, 0.1) is 4.90 Å². The first kappa shape index (κ1) is 13.4. The van der Waals surface area contributed by atoms with Crippen LogP contribution in [0.1, 0.15) is 26.7 Å². The van der Waals surface area contributed by atoms with Crippen molar-refractivity contribution in [1.29, 1.82) is 0 Å². The lowest BCUT2D eigenvalue weighted by molar-refractivity contribution is 0.494. The highest BCUT2D eigenvalue weighted by Gasteiger charge is 2.37. The Bertz CT molecular complexity index is 516. The third kappa shape index (κ3) is 2.84. The minimum absolute atomic E-state index is 0.0728. The average Bonchev–Trinajstić information content (AvgIpc) is 3.13. The van der Waals surface area contributed by atoms with Gasteiger partial charge in [-0.15, -0.1) is 0 Å². The molecule has 0 heterocycles. The van der Waals surface area contributed by atoms with E-state index in [1.165, 1.54) is 19.9 Å². The first-order valence-electron chi connectivity index (χ1n) is 6.17. The number of rotatable bonds is 5. The third-order valence-electron chi connectivity index (χ3n) is 3.50. The molecule has 0 unspecified atom stereocenters. The van der Waals surface area contributed by atoms with Gasteiger partial charge in [-0.3, -0.25) is 0 Å². The van der Waals surface area contributed by atoms with Crippen LogP contribution in [0.2, 0.25) is 0 Å². The third-order valence-corrected chi connectivity index (χ3v) is 4.93. The molecule has 0 spiro atoms. The van der Waals surface area contributed by atoms with Gasteiger partial charge in [0.15, 0.2) is 0 Å². The van der Waals surface area contributed by atoms with Gasteiger partial charge in [-0.05, 0) is 63.9 Å². The minimum Gasteiger partial charge on any atom is -0.380 e. The van der Waals surface area contributed by atoms with Crippen molar-refractivity contribution in [2.75, 3.05) is 12.4 Å². The fourth-order valence-electron chi connectivity index (χ4n) is 2.11. The SMILES string of the molecule is CNS(=O)(=O)c1ccc(NC(C)(C)C2CC2)cc1. The van der Waals surface area contributed by atoms with Crippen molar-refractivity contribution in [1.82, 2.24) is 4.72 Å². The normalized spacial score (nSPS) is 16.6. The van der Waals surface area contributed by atoms with Crippen LogP contribution in [0.25, 0.3) is 0 Å². The zero-order chi connectivity index (χ0) is 13.4. The second-order valence-corrected chi connectivity index (χ2v) is 7.24. The smallest absolute Gasteiger partial charge is 0.240 e. The Kier molecular flexibility index (Phi) is 3.38. The highest BCUT2D eigenvalue weighted by molar-refractivity contribution is 7.89. The highest BCUT2D eigenvalue weighted by Crippen LogP contribution is 2.41. The molecule has 0 bridgehead atoms. The molecule has 1 aliphatic carbocycles. The first-order valence-corrected chi connectivity index (χ1v) is 7.65. The Balaban J connectivity index is 2.13. The predicted octanol–water partition coefficient (Wildman–Crippen LogP) is 2.20. The van der Waals surface area contributed by atoms with Crippen molar-refractivity contribution in [3.63, 3.8) is 0 Å². The quantitative estimate of drug-likeness (QED) is 0.860. The van der Waals surface area contributed by atoms with Crippen LogP contribution >= 0.6 is 0 Å². The molecular weight excluding hydrogens is 248 g/mol. The van der Waals surface area contributed by atoms with Crippen LogP contribution in [0.4, 0.5) is 5.69 Å². The van der Waals surface area contributed by atoms with Crippen molar-refractivity contribution in [3.05, 3.63) is 24.3 Å². The molecule has 18 heavy (non-hydrogen) atoms. The van der Waals surface area contributed by atoms with Crippen molar-refractivity contribution in [3.8, 4) is 0 Å². The van der Waals surface area contributed by atoms with Crippen molar-refractivity contribution in [2.24, 2.45) is 5.92 Å². The summed E-state index contributed by atoms with van der Waals surface area (Å²) in [4.78, 5) is 0.291. The topological polar surface area (TPSA) is 58.2 Å². The van der Waals surface area contributed by atoms with Gasteiger partial charge in [-0.1, -0.05) is 0 Å². The molecule has 0 aromatic heterocycles. The molecule has 0 atom stereocenters. The summed E-state index contributed by atoms with van der Waals surface area (Å²) in [6.07, 6.45) is 2.54. The second kappa shape index (κ2) is 4.55. The largest absolute Gasteiger partial charge is 0.380 e. The highest BCUT2D eigenvalue weighted by atomic mass is 32.2. The lowest BCUT2D eigenvalue weighted by Crippen LogP contribution is -2.33. The van der Waals surface area contributed by atoms with Crippen LogP contribution in [0.5, 0.6) is 0 Å². The van der Waals surface area contributed by atoms with E-state index in [1.54, 1.807) is 12.1 Å². The van der Waals surface area contributed by atoms with E-state index in [2.05, 4.69) is 23.9 Å². The predicted molar refractivity (Wildman–Crippen MR) is 73.1 cm³/mol. The molecule has 2 rings (SSSR count). The number of benzene rings is 1. The Labute approximate surface area is 109 Å². The summed E-state index contributed by atoms with van der Waals surface area (Å²) in [7, 11) is -1.93. The molecule has 1 saturated carbocycles. The fraction of sp³-hybridized carbons (Fsp3) is 0.538. The van der Waals surface area contributed by atoms with E-state index in [-0.39, 0.29) is 5.54 Å². The van der Waals surface area contributed by atoms with E-state index in [0.29, 0.717) is 4.90 Å². The van der Waals surface area contributed by atoms with E-state index < -0.39 is 10.0 Å². The maximum absolute atomic E-state index is 11.6. The van der Waals surface area contributed by atoms with Crippen LogP contribution < -0.4 is 10.0 Å². The molecule has 0 radical (unpaired) electrons. The van der Waals surface area contributed by atoms with Crippen molar-refractivity contribution < 1.29 is 8.42 Å². The van der Waals surface area contributed by atoms with Gasteiger partial charge < -0.3 is 5.32 Å². The summed E-state index contributed by atoms with van der Waals surface area (Å²) in [6.45, 7) is 4.37. The Morgan fingerprint density at radius 3 is 2.17 bits per heavy atom. The fourth-order valence-corrected chi connectivity index (χ4v) is 2.84. The molecule has 2 N–H and O–H groups in total. The van der Waals surface area contributed by atoms with E-state index in [0.717, 1.165) is 11.6 Å². The molecule has 0 saturated heterocycles. The van der Waals surface area contributed by atoms with E-state index in [1.807, 2.05) is 12.1 Å². The molecule has 1 fully saturated rings.